The van der Waals surface area contributed by atoms with Gasteiger partial charge in [0.2, 0.25) is 0 Å². The number of rotatable bonds is 11. The fourth-order valence-electron chi connectivity index (χ4n) is 2.83. The summed E-state index contributed by atoms with van der Waals surface area (Å²) in [5.41, 5.74) is 7.68. The number of para-hydroxylation sites is 1. The minimum absolute atomic E-state index is 0.467. The summed E-state index contributed by atoms with van der Waals surface area (Å²) >= 11 is 0. The smallest absolute Gasteiger partial charge is 0.159 e. The van der Waals surface area contributed by atoms with Crippen molar-refractivity contribution in [2.45, 2.75) is 0 Å². The molecule has 3 rings (SSSR count). The summed E-state index contributed by atoms with van der Waals surface area (Å²) in [4.78, 5) is 10.7. The maximum absolute atomic E-state index is 6.37. The molecule has 8 nitrogen and oxygen atoms in total. The van der Waals surface area contributed by atoms with Gasteiger partial charge in [0.1, 0.15) is 23.5 Å². The summed E-state index contributed by atoms with van der Waals surface area (Å²) in [7, 11) is 3.33. The number of nitrogens with one attached hydrogen (secondary N) is 1. The molecule has 3 aromatic rings. The molecule has 158 valence electrons. The van der Waals surface area contributed by atoms with Crippen LogP contribution in [-0.4, -0.2) is 50.5 Å². The van der Waals surface area contributed by atoms with Gasteiger partial charge in [-0.05, 0) is 36.4 Å². The highest BCUT2D eigenvalue weighted by Gasteiger charge is 2.15. The zero-order valence-corrected chi connectivity index (χ0v) is 17.2. The normalized spacial score (nSPS) is 10.6. The number of methoxy groups -OCH3 is 2. The predicted octanol–water partition coefficient (Wildman–Crippen LogP) is 3.69. The number of benzene rings is 2. The minimum atomic E-state index is 0.467. The van der Waals surface area contributed by atoms with E-state index < -0.39 is 0 Å². The molecule has 8 heteroatoms. The van der Waals surface area contributed by atoms with E-state index in [4.69, 9.17) is 19.9 Å². The molecule has 2 aromatic carbocycles. The molecule has 0 atom stereocenters. The van der Waals surface area contributed by atoms with Gasteiger partial charge >= 0.3 is 0 Å². The first-order chi connectivity index (χ1) is 14.7. The molecule has 1 aromatic heterocycles. The molecular weight excluding hydrogens is 382 g/mol. The van der Waals surface area contributed by atoms with Crippen molar-refractivity contribution in [1.82, 2.24) is 9.97 Å². The lowest BCUT2D eigenvalue weighted by atomic mass is 10.3. The summed E-state index contributed by atoms with van der Waals surface area (Å²) in [5, 5.41) is 3.25. The van der Waals surface area contributed by atoms with E-state index in [1.54, 1.807) is 14.2 Å². The molecule has 0 unspecified atom stereocenters. The third kappa shape index (κ3) is 5.82. The summed E-state index contributed by atoms with van der Waals surface area (Å²) in [5.74, 6) is 2.71. The first-order valence-electron chi connectivity index (χ1n) is 9.64. The van der Waals surface area contributed by atoms with Crippen LogP contribution in [0.25, 0.3) is 0 Å². The first-order valence-corrected chi connectivity index (χ1v) is 9.64. The van der Waals surface area contributed by atoms with Crippen LogP contribution in [-0.2, 0) is 9.47 Å². The van der Waals surface area contributed by atoms with Crippen molar-refractivity contribution in [2.75, 3.05) is 56.5 Å². The molecule has 1 heterocycles. The fraction of sp³-hybridized carbons (Fsp3) is 0.273. The Morgan fingerprint density at radius 3 is 2.13 bits per heavy atom. The summed E-state index contributed by atoms with van der Waals surface area (Å²) in [6, 6.07) is 17.2. The number of hydrogen-bond acceptors (Lipinski definition) is 8. The number of nitrogens with zero attached hydrogens (tertiary/aromatic N) is 3. The Morgan fingerprint density at radius 1 is 0.867 bits per heavy atom. The Bertz CT molecular complexity index is 898. The molecule has 0 fully saturated rings. The maximum atomic E-state index is 6.37. The Morgan fingerprint density at radius 2 is 1.50 bits per heavy atom. The molecule has 3 N–H and O–H groups in total. The lowest BCUT2D eigenvalue weighted by Crippen LogP contribution is -2.32. The van der Waals surface area contributed by atoms with Crippen molar-refractivity contribution in [3.05, 3.63) is 60.9 Å². The van der Waals surface area contributed by atoms with Crippen molar-refractivity contribution in [3.63, 3.8) is 0 Å². The van der Waals surface area contributed by atoms with Gasteiger partial charge in [-0.2, -0.15) is 0 Å². The highest BCUT2D eigenvalue weighted by atomic mass is 16.5. The van der Waals surface area contributed by atoms with Crippen molar-refractivity contribution < 1.29 is 14.2 Å². The number of nitrogens with two attached hydrogens (primary N) is 1. The van der Waals surface area contributed by atoms with Gasteiger partial charge in [0.15, 0.2) is 11.6 Å². The highest BCUT2D eigenvalue weighted by Crippen LogP contribution is 2.29. The lowest BCUT2D eigenvalue weighted by Gasteiger charge is -2.25. The van der Waals surface area contributed by atoms with Crippen LogP contribution < -0.4 is 20.7 Å². The van der Waals surface area contributed by atoms with E-state index in [-0.39, 0.29) is 0 Å². The molecule has 0 aliphatic rings. The molecule has 0 saturated carbocycles. The molecule has 0 amide bonds. The Balaban J connectivity index is 1.72. The molecule has 0 bridgehead atoms. The van der Waals surface area contributed by atoms with Crippen molar-refractivity contribution in [2.24, 2.45) is 0 Å². The quantitative estimate of drug-likeness (QED) is 0.495. The third-order valence-corrected chi connectivity index (χ3v) is 4.39. The second-order valence-corrected chi connectivity index (χ2v) is 6.50. The van der Waals surface area contributed by atoms with E-state index in [9.17, 15) is 0 Å². The molecule has 0 aliphatic heterocycles. The van der Waals surface area contributed by atoms with Gasteiger partial charge in [0.25, 0.3) is 0 Å². The third-order valence-electron chi connectivity index (χ3n) is 4.39. The Hall–Kier alpha value is -3.36. The van der Waals surface area contributed by atoms with E-state index >= 15 is 0 Å². The van der Waals surface area contributed by atoms with Crippen LogP contribution in [0.2, 0.25) is 0 Å². The van der Waals surface area contributed by atoms with Crippen LogP contribution in [0, 0.1) is 0 Å². The van der Waals surface area contributed by atoms with E-state index in [1.165, 1.54) is 6.33 Å². The monoisotopic (exact) mass is 409 g/mol. The molecular formula is C22H27N5O3. The van der Waals surface area contributed by atoms with Gasteiger partial charge in [0, 0.05) is 33.0 Å². The van der Waals surface area contributed by atoms with E-state index in [0.717, 1.165) is 17.2 Å². The highest BCUT2D eigenvalue weighted by molar-refractivity contribution is 5.78. The zero-order valence-electron chi connectivity index (χ0n) is 17.2. The molecule has 30 heavy (non-hydrogen) atoms. The standard InChI is InChI=1S/C22H27N5O3/c1-28-14-12-27(13-15-29-2)22-20(23)21(24-16-25-22)26-17-8-10-19(11-9-17)30-18-6-4-3-5-7-18/h3-11,16H,12-15,23H2,1-2H3,(H,24,25,26). The second kappa shape index (κ2) is 11.0. The van der Waals surface area contributed by atoms with Crippen LogP contribution in [0.4, 0.5) is 23.0 Å². The van der Waals surface area contributed by atoms with Gasteiger partial charge in [0.05, 0.1) is 13.2 Å². The van der Waals surface area contributed by atoms with E-state index in [0.29, 0.717) is 43.6 Å². The Kier molecular flexibility index (Phi) is 7.82. The number of anilines is 4. The van der Waals surface area contributed by atoms with Gasteiger partial charge in [-0.3, -0.25) is 0 Å². The van der Waals surface area contributed by atoms with Gasteiger partial charge in [-0.25, -0.2) is 9.97 Å². The Labute approximate surface area is 176 Å². The van der Waals surface area contributed by atoms with E-state index in [1.807, 2.05) is 59.5 Å². The second-order valence-electron chi connectivity index (χ2n) is 6.50. The van der Waals surface area contributed by atoms with Crippen molar-refractivity contribution in [1.29, 1.82) is 0 Å². The molecule has 0 spiro atoms. The topological polar surface area (TPSA) is 94.8 Å². The first kappa shape index (κ1) is 21.4. The van der Waals surface area contributed by atoms with Crippen molar-refractivity contribution >= 4 is 23.0 Å². The van der Waals surface area contributed by atoms with Crippen LogP contribution in [0.1, 0.15) is 0 Å². The average Bonchev–Trinajstić information content (AvgIpc) is 2.78. The number of hydrogen-bond donors (Lipinski definition) is 2. The van der Waals surface area contributed by atoms with Gasteiger partial charge in [-0.1, -0.05) is 18.2 Å². The molecule has 0 radical (unpaired) electrons. The predicted molar refractivity (Wildman–Crippen MR) is 119 cm³/mol. The summed E-state index contributed by atoms with van der Waals surface area (Å²) < 4.78 is 16.2. The van der Waals surface area contributed by atoms with E-state index in [2.05, 4.69) is 15.3 Å². The maximum Gasteiger partial charge on any atom is 0.159 e. The number of aromatic nitrogens is 2. The average molecular weight is 409 g/mol. The summed E-state index contributed by atoms with van der Waals surface area (Å²) in [6.07, 6.45) is 1.49. The SMILES string of the molecule is COCCN(CCOC)c1ncnc(Nc2ccc(Oc3ccccc3)cc2)c1N. The largest absolute Gasteiger partial charge is 0.457 e. The van der Waals surface area contributed by atoms with Crippen LogP contribution in [0.3, 0.4) is 0 Å². The lowest BCUT2D eigenvalue weighted by molar-refractivity contribution is 0.190. The molecule has 0 aliphatic carbocycles. The molecule has 0 saturated heterocycles. The zero-order chi connectivity index (χ0) is 21.2. The van der Waals surface area contributed by atoms with Gasteiger partial charge in [-0.15, -0.1) is 0 Å². The van der Waals surface area contributed by atoms with Crippen LogP contribution in [0.15, 0.2) is 60.9 Å². The number of nitrogen functional groups attached to an aromatic ring is 1. The van der Waals surface area contributed by atoms with Crippen molar-refractivity contribution in [3.8, 4) is 11.5 Å². The fourth-order valence-corrected chi connectivity index (χ4v) is 2.83. The summed E-state index contributed by atoms with van der Waals surface area (Å²) in [6.45, 7) is 2.40. The number of ether oxygens (including phenoxy) is 3. The minimum Gasteiger partial charge on any atom is -0.457 e. The van der Waals surface area contributed by atoms with Crippen LogP contribution in [0.5, 0.6) is 11.5 Å². The van der Waals surface area contributed by atoms with Gasteiger partial charge < -0.3 is 30.2 Å². The van der Waals surface area contributed by atoms with Crippen LogP contribution >= 0.6 is 0 Å².